The van der Waals surface area contributed by atoms with Crippen LogP contribution in [0.5, 0.6) is 0 Å². The van der Waals surface area contributed by atoms with E-state index >= 15 is 0 Å². The molecular formula is C12H14Cl2O2. The van der Waals surface area contributed by atoms with Crippen molar-refractivity contribution in [3.8, 4) is 0 Å². The van der Waals surface area contributed by atoms with Gasteiger partial charge in [-0.25, -0.2) is 4.79 Å². The van der Waals surface area contributed by atoms with Crippen molar-refractivity contribution in [3.63, 3.8) is 0 Å². The van der Waals surface area contributed by atoms with Gasteiger partial charge < -0.3 is 4.74 Å². The van der Waals surface area contributed by atoms with Crippen molar-refractivity contribution in [2.75, 3.05) is 13.0 Å². The first-order valence-corrected chi connectivity index (χ1v) is 6.12. The van der Waals surface area contributed by atoms with E-state index in [1.807, 2.05) is 12.1 Å². The average Bonchev–Trinajstić information content (AvgIpc) is 2.34. The van der Waals surface area contributed by atoms with Crippen LogP contribution in [0.1, 0.15) is 27.9 Å². The molecule has 0 saturated heterocycles. The number of esters is 1. The Labute approximate surface area is 106 Å². The number of halogens is 2. The molecule has 0 aliphatic heterocycles. The minimum absolute atomic E-state index is 0.323. The molecule has 4 heteroatoms. The maximum Gasteiger partial charge on any atom is 0.338 e. The molecule has 88 valence electrons. The van der Waals surface area contributed by atoms with E-state index in [2.05, 4.69) is 0 Å². The molecule has 1 aromatic carbocycles. The number of benzene rings is 1. The summed E-state index contributed by atoms with van der Waals surface area (Å²) >= 11 is 11.5. The summed E-state index contributed by atoms with van der Waals surface area (Å²) in [4.78, 5) is 11.6. The van der Waals surface area contributed by atoms with E-state index in [1.54, 1.807) is 6.07 Å². The van der Waals surface area contributed by atoms with Gasteiger partial charge in [0.25, 0.3) is 0 Å². The third kappa shape index (κ3) is 3.13. The van der Waals surface area contributed by atoms with E-state index in [0.717, 1.165) is 24.0 Å². The van der Waals surface area contributed by atoms with E-state index < -0.39 is 0 Å². The lowest BCUT2D eigenvalue weighted by Crippen LogP contribution is -2.08. The minimum Gasteiger partial charge on any atom is -0.465 e. The third-order valence-corrected chi connectivity index (χ3v) is 2.94. The molecule has 0 aliphatic rings. The molecule has 0 radical (unpaired) electrons. The fraction of sp³-hybridized carbons (Fsp3) is 0.417. The van der Waals surface area contributed by atoms with Gasteiger partial charge in [0.05, 0.1) is 12.7 Å². The van der Waals surface area contributed by atoms with Crippen molar-refractivity contribution in [1.29, 1.82) is 0 Å². The molecule has 16 heavy (non-hydrogen) atoms. The highest BCUT2D eigenvalue weighted by Crippen LogP contribution is 2.20. The summed E-state index contributed by atoms with van der Waals surface area (Å²) in [5.41, 5.74) is 2.51. The Balaban J connectivity index is 3.09. The molecule has 0 unspecified atom stereocenters. The van der Waals surface area contributed by atoms with Crippen LogP contribution in [0.3, 0.4) is 0 Å². The average molecular weight is 261 g/mol. The van der Waals surface area contributed by atoms with Crippen LogP contribution in [0.25, 0.3) is 0 Å². The first kappa shape index (κ1) is 13.3. The second-order valence-corrected chi connectivity index (χ2v) is 4.01. The first-order valence-electron chi connectivity index (χ1n) is 5.05. The van der Waals surface area contributed by atoms with Crippen molar-refractivity contribution in [2.45, 2.75) is 18.7 Å². The standard InChI is InChI=1S/C12H14Cl2O2/c1-16-12(15)11-5-2-4-9(8-14)10(11)6-3-7-13/h2,4-5H,3,6-8H2,1H3. The van der Waals surface area contributed by atoms with Gasteiger partial charge in [-0.15, -0.1) is 23.2 Å². The maximum atomic E-state index is 11.6. The number of hydrogen-bond donors (Lipinski definition) is 0. The van der Waals surface area contributed by atoms with E-state index in [0.29, 0.717) is 17.3 Å². The van der Waals surface area contributed by atoms with Gasteiger partial charge in [-0.1, -0.05) is 12.1 Å². The summed E-state index contributed by atoms with van der Waals surface area (Å²) in [5.74, 6) is 0.635. The molecule has 0 N–H and O–H groups in total. The second-order valence-electron chi connectivity index (χ2n) is 3.36. The summed E-state index contributed by atoms with van der Waals surface area (Å²) < 4.78 is 4.74. The summed E-state index contributed by atoms with van der Waals surface area (Å²) in [6.07, 6.45) is 1.57. The Bertz CT molecular complexity index is 364. The Morgan fingerprint density at radius 1 is 1.38 bits per heavy atom. The lowest BCUT2D eigenvalue weighted by Gasteiger charge is -2.11. The zero-order valence-corrected chi connectivity index (χ0v) is 10.6. The number of rotatable bonds is 5. The molecule has 1 rings (SSSR count). The van der Waals surface area contributed by atoms with E-state index in [1.165, 1.54) is 7.11 Å². The molecule has 0 bridgehead atoms. The van der Waals surface area contributed by atoms with Crippen LogP contribution < -0.4 is 0 Å². The van der Waals surface area contributed by atoms with E-state index in [4.69, 9.17) is 27.9 Å². The Hall–Kier alpha value is -0.730. The van der Waals surface area contributed by atoms with Crippen molar-refractivity contribution in [3.05, 3.63) is 34.9 Å². The van der Waals surface area contributed by atoms with Crippen LogP contribution in [0.15, 0.2) is 18.2 Å². The van der Waals surface area contributed by atoms with E-state index in [-0.39, 0.29) is 5.97 Å². The van der Waals surface area contributed by atoms with Crippen LogP contribution in [-0.2, 0) is 17.0 Å². The molecule has 0 aliphatic carbocycles. The highest BCUT2D eigenvalue weighted by molar-refractivity contribution is 6.18. The predicted octanol–water partition coefficient (Wildman–Crippen LogP) is 3.38. The molecular weight excluding hydrogens is 247 g/mol. The van der Waals surface area contributed by atoms with Crippen LogP contribution in [-0.4, -0.2) is 19.0 Å². The highest BCUT2D eigenvalue weighted by Gasteiger charge is 2.14. The SMILES string of the molecule is COC(=O)c1cccc(CCl)c1CCCCl. The van der Waals surface area contributed by atoms with Crippen LogP contribution in [0.2, 0.25) is 0 Å². The fourth-order valence-corrected chi connectivity index (χ4v) is 1.98. The molecule has 2 nitrogen and oxygen atoms in total. The van der Waals surface area contributed by atoms with Gasteiger partial charge in [0, 0.05) is 11.8 Å². The fourth-order valence-electron chi connectivity index (χ4n) is 1.60. The molecule has 0 saturated carbocycles. The summed E-state index contributed by atoms with van der Waals surface area (Å²) in [7, 11) is 1.38. The van der Waals surface area contributed by atoms with Gasteiger partial charge in [0.2, 0.25) is 0 Å². The zero-order valence-electron chi connectivity index (χ0n) is 9.13. The monoisotopic (exact) mass is 260 g/mol. The number of carbonyl (C=O) groups is 1. The van der Waals surface area contributed by atoms with Gasteiger partial charge >= 0.3 is 5.97 Å². The summed E-state index contributed by atoms with van der Waals surface area (Å²) in [5, 5.41) is 0. The largest absolute Gasteiger partial charge is 0.465 e. The van der Waals surface area contributed by atoms with Gasteiger partial charge in [0.15, 0.2) is 0 Å². The number of carbonyl (C=O) groups excluding carboxylic acids is 1. The molecule has 0 fully saturated rings. The van der Waals surface area contributed by atoms with E-state index in [9.17, 15) is 4.79 Å². The maximum absolute atomic E-state index is 11.6. The van der Waals surface area contributed by atoms with Gasteiger partial charge in [-0.05, 0) is 30.0 Å². The molecule has 0 atom stereocenters. The second kappa shape index (κ2) is 6.77. The Kier molecular flexibility index (Phi) is 5.64. The topological polar surface area (TPSA) is 26.3 Å². The van der Waals surface area contributed by atoms with Crippen LogP contribution >= 0.6 is 23.2 Å². The number of hydrogen-bond acceptors (Lipinski definition) is 2. The summed E-state index contributed by atoms with van der Waals surface area (Å²) in [6.45, 7) is 0. The van der Waals surface area contributed by atoms with Crippen LogP contribution in [0, 0.1) is 0 Å². The lowest BCUT2D eigenvalue weighted by atomic mass is 9.98. The summed E-state index contributed by atoms with van der Waals surface area (Å²) in [6, 6.07) is 5.49. The smallest absolute Gasteiger partial charge is 0.338 e. The van der Waals surface area contributed by atoms with Gasteiger partial charge in [-0.2, -0.15) is 0 Å². The van der Waals surface area contributed by atoms with Crippen molar-refractivity contribution >= 4 is 29.2 Å². The lowest BCUT2D eigenvalue weighted by molar-refractivity contribution is 0.0599. The van der Waals surface area contributed by atoms with Crippen molar-refractivity contribution in [1.82, 2.24) is 0 Å². The Morgan fingerprint density at radius 2 is 2.12 bits per heavy atom. The first-order chi connectivity index (χ1) is 7.74. The molecule has 0 spiro atoms. The molecule has 0 heterocycles. The molecule has 0 aromatic heterocycles. The number of methoxy groups -OCH3 is 1. The highest BCUT2D eigenvalue weighted by atomic mass is 35.5. The quantitative estimate of drug-likeness (QED) is 0.600. The van der Waals surface area contributed by atoms with Gasteiger partial charge in [-0.3, -0.25) is 0 Å². The zero-order chi connectivity index (χ0) is 12.0. The normalized spacial score (nSPS) is 10.2. The number of alkyl halides is 2. The predicted molar refractivity (Wildman–Crippen MR) is 66.4 cm³/mol. The third-order valence-electron chi connectivity index (χ3n) is 2.38. The van der Waals surface area contributed by atoms with Crippen molar-refractivity contribution < 1.29 is 9.53 Å². The molecule has 1 aromatic rings. The number of ether oxygens (including phenoxy) is 1. The minimum atomic E-state index is -0.323. The Morgan fingerprint density at radius 3 is 2.69 bits per heavy atom. The van der Waals surface area contributed by atoms with Crippen LogP contribution in [0.4, 0.5) is 0 Å². The molecule has 0 amide bonds. The van der Waals surface area contributed by atoms with Gasteiger partial charge in [0.1, 0.15) is 0 Å². The van der Waals surface area contributed by atoms with Crippen molar-refractivity contribution in [2.24, 2.45) is 0 Å².